The van der Waals surface area contributed by atoms with Crippen LogP contribution in [-0.4, -0.2) is 31.0 Å². The molecule has 4 nitrogen and oxygen atoms in total. The number of hydrogen-bond acceptors (Lipinski definition) is 3. The summed E-state index contributed by atoms with van der Waals surface area (Å²) in [4.78, 5) is 14.8. The van der Waals surface area contributed by atoms with Crippen LogP contribution in [-0.2, 0) is 4.79 Å². The minimum absolute atomic E-state index is 0.0449. The average Bonchev–Trinajstić information content (AvgIpc) is 3.07. The van der Waals surface area contributed by atoms with Crippen molar-refractivity contribution in [1.82, 2.24) is 4.90 Å². The van der Waals surface area contributed by atoms with Gasteiger partial charge < -0.3 is 10.1 Å². The van der Waals surface area contributed by atoms with Crippen LogP contribution in [0.3, 0.4) is 0 Å². The van der Waals surface area contributed by atoms with Crippen molar-refractivity contribution in [3.8, 4) is 5.75 Å². The summed E-state index contributed by atoms with van der Waals surface area (Å²) in [6, 6.07) is 14.4. The van der Waals surface area contributed by atoms with E-state index >= 15 is 0 Å². The van der Waals surface area contributed by atoms with Gasteiger partial charge in [0.2, 0.25) is 5.91 Å². The fourth-order valence-corrected chi connectivity index (χ4v) is 3.50. The molecule has 132 valence electrons. The summed E-state index contributed by atoms with van der Waals surface area (Å²) in [5, 5.41) is 3.07. The number of benzene rings is 2. The van der Waals surface area contributed by atoms with Crippen molar-refractivity contribution >= 4 is 11.6 Å². The molecule has 2 aromatic carbocycles. The summed E-state index contributed by atoms with van der Waals surface area (Å²) in [6.45, 7) is 5.46. The summed E-state index contributed by atoms with van der Waals surface area (Å²) in [7, 11) is 1.68. The van der Waals surface area contributed by atoms with Crippen molar-refractivity contribution in [2.75, 3.05) is 25.5 Å². The predicted octanol–water partition coefficient (Wildman–Crippen LogP) is 4.09. The molecule has 0 aromatic heterocycles. The molecule has 1 aliphatic heterocycles. The standard InChI is InChI=1S/C21H26N2O2/c1-15-7-4-10-19(16(15)2)22-21(24)14-23-12-6-11-20(23)17-8-5-9-18(13-17)25-3/h4-5,7-10,13,20H,6,11-12,14H2,1-3H3,(H,22,24)/t20-/m0/s1. The molecule has 3 rings (SSSR count). The Bertz CT molecular complexity index is 757. The first kappa shape index (κ1) is 17.5. The van der Waals surface area contributed by atoms with Crippen molar-refractivity contribution in [3.63, 3.8) is 0 Å². The maximum absolute atomic E-state index is 12.6. The van der Waals surface area contributed by atoms with Gasteiger partial charge in [0, 0.05) is 11.7 Å². The Labute approximate surface area is 149 Å². The highest BCUT2D eigenvalue weighted by Gasteiger charge is 2.27. The topological polar surface area (TPSA) is 41.6 Å². The first-order valence-corrected chi connectivity index (χ1v) is 8.82. The van der Waals surface area contributed by atoms with Crippen molar-refractivity contribution in [2.24, 2.45) is 0 Å². The van der Waals surface area contributed by atoms with Crippen LogP contribution in [0.5, 0.6) is 5.75 Å². The number of hydrogen-bond donors (Lipinski definition) is 1. The van der Waals surface area contributed by atoms with Gasteiger partial charge in [-0.3, -0.25) is 9.69 Å². The van der Waals surface area contributed by atoms with Crippen molar-refractivity contribution in [1.29, 1.82) is 0 Å². The van der Waals surface area contributed by atoms with E-state index in [2.05, 4.69) is 35.3 Å². The number of nitrogens with zero attached hydrogens (tertiary/aromatic N) is 1. The number of ether oxygens (including phenoxy) is 1. The molecule has 1 aliphatic rings. The molecule has 0 radical (unpaired) electrons. The molecule has 1 saturated heterocycles. The summed E-state index contributed by atoms with van der Waals surface area (Å²) in [5.74, 6) is 0.910. The zero-order chi connectivity index (χ0) is 17.8. The van der Waals surface area contributed by atoms with Crippen LogP contribution in [0.25, 0.3) is 0 Å². The van der Waals surface area contributed by atoms with Crippen LogP contribution >= 0.6 is 0 Å². The molecule has 1 atom stereocenters. The largest absolute Gasteiger partial charge is 0.497 e. The molecule has 1 N–H and O–H groups in total. The minimum Gasteiger partial charge on any atom is -0.497 e. The fraction of sp³-hybridized carbons (Fsp3) is 0.381. The summed E-state index contributed by atoms with van der Waals surface area (Å²) >= 11 is 0. The highest BCUT2D eigenvalue weighted by molar-refractivity contribution is 5.93. The van der Waals surface area contributed by atoms with Crippen LogP contribution in [0, 0.1) is 13.8 Å². The number of methoxy groups -OCH3 is 1. The maximum atomic E-state index is 12.6. The van der Waals surface area contributed by atoms with Gasteiger partial charge in [-0.1, -0.05) is 24.3 Å². The second kappa shape index (κ2) is 7.70. The Morgan fingerprint density at radius 3 is 2.84 bits per heavy atom. The quantitative estimate of drug-likeness (QED) is 0.893. The van der Waals surface area contributed by atoms with Crippen LogP contribution < -0.4 is 10.1 Å². The van der Waals surface area contributed by atoms with Crippen molar-refractivity contribution in [2.45, 2.75) is 32.7 Å². The van der Waals surface area contributed by atoms with Crippen molar-refractivity contribution < 1.29 is 9.53 Å². The molecule has 1 fully saturated rings. The summed E-state index contributed by atoms with van der Waals surface area (Å²) < 4.78 is 5.34. The molecule has 1 heterocycles. The number of rotatable bonds is 5. The van der Waals surface area contributed by atoms with E-state index in [1.54, 1.807) is 7.11 Å². The van der Waals surface area contributed by atoms with Crippen LogP contribution in [0.4, 0.5) is 5.69 Å². The van der Waals surface area contributed by atoms with Crippen LogP contribution in [0.2, 0.25) is 0 Å². The second-order valence-corrected chi connectivity index (χ2v) is 6.70. The first-order valence-electron chi connectivity index (χ1n) is 8.82. The highest BCUT2D eigenvalue weighted by Crippen LogP contribution is 2.33. The SMILES string of the molecule is COc1cccc([C@@H]2CCCN2CC(=O)Nc2cccc(C)c2C)c1. The lowest BCUT2D eigenvalue weighted by Gasteiger charge is -2.24. The number of amides is 1. The fourth-order valence-electron chi connectivity index (χ4n) is 3.50. The molecular formula is C21H26N2O2. The Kier molecular flexibility index (Phi) is 5.39. The molecule has 0 aliphatic carbocycles. The summed E-state index contributed by atoms with van der Waals surface area (Å²) in [6.07, 6.45) is 2.18. The molecule has 1 amide bonds. The van der Waals surface area contributed by atoms with E-state index in [0.717, 1.165) is 36.4 Å². The zero-order valence-electron chi connectivity index (χ0n) is 15.2. The van der Waals surface area contributed by atoms with Gasteiger partial charge in [-0.25, -0.2) is 0 Å². The maximum Gasteiger partial charge on any atom is 0.238 e. The lowest BCUT2D eigenvalue weighted by Crippen LogP contribution is -2.33. The van der Waals surface area contributed by atoms with Gasteiger partial charge in [0.1, 0.15) is 5.75 Å². The number of anilines is 1. The Balaban J connectivity index is 1.68. The van der Waals surface area contributed by atoms with Gasteiger partial charge in [-0.15, -0.1) is 0 Å². The number of aryl methyl sites for hydroxylation is 1. The third-order valence-corrected chi connectivity index (χ3v) is 5.07. The van der Waals surface area contributed by atoms with E-state index < -0.39 is 0 Å². The van der Waals surface area contributed by atoms with Gasteiger partial charge in [0.15, 0.2) is 0 Å². The van der Waals surface area contributed by atoms with Crippen molar-refractivity contribution in [3.05, 3.63) is 59.2 Å². The minimum atomic E-state index is 0.0449. The van der Waals surface area contributed by atoms with Gasteiger partial charge in [-0.2, -0.15) is 0 Å². The molecular weight excluding hydrogens is 312 g/mol. The first-order chi connectivity index (χ1) is 12.1. The van der Waals surface area contributed by atoms with E-state index in [4.69, 9.17) is 4.74 Å². The lowest BCUT2D eigenvalue weighted by atomic mass is 10.0. The third kappa shape index (κ3) is 4.02. The highest BCUT2D eigenvalue weighted by atomic mass is 16.5. The summed E-state index contributed by atoms with van der Waals surface area (Å²) in [5.41, 5.74) is 4.44. The number of nitrogens with one attached hydrogen (secondary N) is 1. The smallest absolute Gasteiger partial charge is 0.238 e. The zero-order valence-corrected chi connectivity index (χ0v) is 15.2. The van der Waals surface area contributed by atoms with Crippen LogP contribution in [0.1, 0.15) is 35.6 Å². The number of carbonyl (C=O) groups excluding carboxylic acids is 1. The lowest BCUT2D eigenvalue weighted by molar-refractivity contribution is -0.117. The van der Waals surface area contributed by atoms with E-state index in [1.165, 1.54) is 11.1 Å². The molecule has 0 saturated carbocycles. The third-order valence-electron chi connectivity index (χ3n) is 5.07. The van der Waals surface area contributed by atoms with Crippen LogP contribution in [0.15, 0.2) is 42.5 Å². The molecule has 4 heteroatoms. The molecule has 0 spiro atoms. The Morgan fingerprint density at radius 1 is 1.24 bits per heavy atom. The monoisotopic (exact) mass is 338 g/mol. The molecule has 0 bridgehead atoms. The van der Waals surface area contributed by atoms with Gasteiger partial charge in [0.05, 0.1) is 13.7 Å². The Hall–Kier alpha value is -2.33. The second-order valence-electron chi connectivity index (χ2n) is 6.70. The molecule has 2 aromatic rings. The van der Waals surface area contributed by atoms with E-state index in [-0.39, 0.29) is 11.9 Å². The van der Waals surface area contributed by atoms with E-state index in [9.17, 15) is 4.79 Å². The average molecular weight is 338 g/mol. The van der Waals surface area contributed by atoms with E-state index in [0.29, 0.717) is 6.54 Å². The predicted molar refractivity (Wildman–Crippen MR) is 101 cm³/mol. The molecule has 25 heavy (non-hydrogen) atoms. The number of carbonyl (C=O) groups is 1. The van der Waals surface area contributed by atoms with Gasteiger partial charge in [-0.05, 0) is 68.1 Å². The van der Waals surface area contributed by atoms with E-state index in [1.807, 2.05) is 31.2 Å². The van der Waals surface area contributed by atoms with Gasteiger partial charge >= 0.3 is 0 Å². The van der Waals surface area contributed by atoms with Gasteiger partial charge in [0.25, 0.3) is 0 Å². The normalized spacial score (nSPS) is 17.5. The Morgan fingerprint density at radius 2 is 2.04 bits per heavy atom. The number of likely N-dealkylation sites (tertiary alicyclic amines) is 1. The molecule has 0 unspecified atom stereocenters.